The highest BCUT2D eigenvalue weighted by atomic mass is 127. The number of carboxylic acid groups (broad SMARTS) is 1. The van der Waals surface area contributed by atoms with Gasteiger partial charge in [0.2, 0.25) is 0 Å². The number of hydrogen-bond acceptors (Lipinski definition) is 3. The minimum atomic E-state index is -1.34. The number of hydrogen-bond donors (Lipinski definition) is 2. The molecule has 0 atom stereocenters. The Morgan fingerprint density at radius 2 is 1.91 bits per heavy atom. The lowest BCUT2D eigenvalue weighted by Crippen LogP contribution is -2.17. The molecular weight excluding hydrogens is 404 g/mol. The Hall–Kier alpha value is -2.16. The number of amides is 1. The van der Waals surface area contributed by atoms with Crippen molar-refractivity contribution < 1.29 is 23.8 Å². The summed E-state index contributed by atoms with van der Waals surface area (Å²) in [5.41, 5.74) is 0.0197. The van der Waals surface area contributed by atoms with E-state index < -0.39 is 23.6 Å². The van der Waals surface area contributed by atoms with E-state index in [-0.39, 0.29) is 12.2 Å². The largest absolute Gasteiger partial charge is 0.478 e. The Balaban J connectivity index is 2.10. The van der Waals surface area contributed by atoms with Crippen molar-refractivity contribution in [2.45, 2.75) is 6.61 Å². The smallest absolute Gasteiger partial charge is 0.412 e. The Bertz CT molecular complexity index is 706. The van der Waals surface area contributed by atoms with Crippen molar-refractivity contribution in [3.63, 3.8) is 0 Å². The first-order chi connectivity index (χ1) is 10.5. The van der Waals surface area contributed by atoms with Crippen molar-refractivity contribution in [1.82, 2.24) is 0 Å². The van der Waals surface area contributed by atoms with Gasteiger partial charge in [0.05, 0.1) is 11.3 Å². The molecule has 2 aromatic rings. The van der Waals surface area contributed by atoms with E-state index in [1.807, 2.05) is 6.07 Å². The average molecular weight is 415 g/mol. The molecule has 2 aromatic carbocycles. The molecule has 0 saturated heterocycles. The quantitative estimate of drug-likeness (QED) is 0.744. The molecule has 114 valence electrons. The summed E-state index contributed by atoms with van der Waals surface area (Å²) >= 11 is 1.79. The molecule has 1 amide bonds. The van der Waals surface area contributed by atoms with Crippen molar-refractivity contribution in [3.8, 4) is 0 Å². The zero-order valence-corrected chi connectivity index (χ0v) is 13.3. The van der Waals surface area contributed by atoms with Gasteiger partial charge in [-0.25, -0.2) is 14.0 Å². The van der Waals surface area contributed by atoms with Crippen LogP contribution in [0.15, 0.2) is 42.5 Å². The van der Waals surface area contributed by atoms with Gasteiger partial charge in [0, 0.05) is 3.57 Å². The summed E-state index contributed by atoms with van der Waals surface area (Å²) < 4.78 is 19.2. The molecule has 7 heteroatoms. The first kappa shape index (κ1) is 16.2. The number of rotatable bonds is 4. The predicted octanol–water partition coefficient (Wildman–Crippen LogP) is 3.88. The summed E-state index contributed by atoms with van der Waals surface area (Å²) in [5.74, 6) is -2.17. The minimum Gasteiger partial charge on any atom is -0.478 e. The molecule has 2 rings (SSSR count). The fraction of sp³-hybridized carbons (Fsp3) is 0.0667. The van der Waals surface area contributed by atoms with Crippen LogP contribution in [0.4, 0.5) is 14.9 Å². The maximum Gasteiger partial charge on any atom is 0.412 e. The third kappa shape index (κ3) is 4.17. The molecule has 0 aliphatic rings. The molecule has 0 aliphatic heterocycles. The second-order valence-electron chi connectivity index (χ2n) is 4.30. The van der Waals surface area contributed by atoms with E-state index in [1.165, 1.54) is 6.07 Å². The second kappa shape index (κ2) is 7.21. The number of anilines is 1. The monoisotopic (exact) mass is 415 g/mol. The van der Waals surface area contributed by atoms with Crippen LogP contribution in [-0.2, 0) is 11.3 Å². The van der Waals surface area contributed by atoms with Gasteiger partial charge >= 0.3 is 12.1 Å². The SMILES string of the molecule is O=C(Nc1c(F)cc(I)cc1C(=O)O)OCc1ccccc1. The van der Waals surface area contributed by atoms with Gasteiger partial charge in [-0.2, -0.15) is 0 Å². The Morgan fingerprint density at radius 3 is 2.55 bits per heavy atom. The normalized spacial score (nSPS) is 10.1. The summed E-state index contributed by atoms with van der Waals surface area (Å²) in [6, 6.07) is 11.3. The highest BCUT2D eigenvalue weighted by molar-refractivity contribution is 14.1. The Morgan fingerprint density at radius 1 is 1.23 bits per heavy atom. The van der Waals surface area contributed by atoms with Gasteiger partial charge in [0.15, 0.2) is 0 Å². The van der Waals surface area contributed by atoms with Crippen LogP contribution in [0.25, 0.3) is 0 Å². The molecule has 0 saturated carbocycles. The molecular formula is C15H11FINO4. The number of halogens is 2. The van der Waals surface area contributed by atoms with Gasteiger partial charge in [-0.15, -0.1) is 0 Å². The van der Waals surface area contributed by atoms with Crippen LogP contribution >= 0.6 is 22.6 Å². The molecule has 2 N–H and O–H groups in total. The fourth-order valence-corrected chi connectivity index (χ4v) is 2.32. The van der Waals surface area contributed by atoms with Gasteiger partial charge in [0.25, 0.3) is 0 Å². The minimum absolute atomic E-state index is 0.00106. The second-order valence-corrected chi connectivity index (χ2v) is 5.55. The number of carbonyl (C=O) groups is 2. The van der Waals surface area contributed by atoms with E-state index >= 15 is 0 Å². The third-order valence-corrected chi connectivity index (χ3v) is 3.35. The van der Waals surface area contributed by atoms with E-state index in [4.69, 9.17) is 9.84 Å². The summed E-state index contributed by atoms with van der Waals surface area (Å²) in [6.45, 7) is 0.00106. The standard InChI is InChI=1S/C15H11FINO4/c16-12-7-10(17)6-11(14(19)20)13(12)18-15(21)22-8-9-4-2-1-3-5-9/h1-7H,8H2,(H,18,21)(H,19,20). The van der Waals surface area contributed by atoms with Gasteiger partial charge in [0.1, 0.15) is 12.4 Å². The van der Waals surface area contributed by atoms with Crippen LogP contribution in [-0.4, -0.2) is 17.2 Å². The van der Waals surface area contributed by atoms with E-state index in [9.17, 15) is 14.0 Å². The van der Waals surface area contributed by atoms with Crippen molar-refractivity contribution in [2.75, 3.05) is 5.32 Å². The van der Waals surface area contributed by atoms with E-state index in [2.05, 4.69) is 5.32 Å². The molecule has 22 heavy (non-hydrogen) atoms. The number of nitrogens with one attached hydrogen (secondary N) is 1. The lowest BCUT2D eigenvalue weighted by Gasteiger charge is -2.11. The predicted molar refractivity (Wildman–Crippen MR) is 86.3 cm³/mol. The van der Waals surface area contributed by atoms with Crippen molar-refractivity contribution in [1.29, 1.82) is 0 Å². The number of carbonyl (C=O) groups excluding carboxylic acids is 1. The van der Waals surface area contributed by atoms with E-state index in [0.29, 0.717) is 3.57 Å². The fourth-order valence-electron chi connectivity index (χ4n) is 1.73. The number of aromatic carboxylic acids is 1. The number of carboxylic acids is 1. The molecule has 0 spiro atoms. The van der Waals surface area contributed by atoms with Crippen LogP contribution in [0.3, 0.4) is 0 Å². The Kier molecular flexibility index (Phi) is 5.31. The van der Waals surface area contributed by atoms with Crippen molar-refractivity contribution in [2.24, 2.45) is 0 Å². The van der Waals surface area contributed by atoms with Gasteiger partial charge in [-0.1, -0.05) is 30.3 Å². The lowest BCUT2D eigenvalue weighted by atomic mass is 10.1. The topological polar surface area (TPSA) is 75.6 Å². The summed E-state index contributed by atoms with van der Waals surface area (Å²) in [6.07, 6.45) is -0.925. The highest BCUT2D eigenvalue weighted by Gasteiger charge is 2.18. The van der Waals surface area contributed by atoms with Crippen molar-refractivity contribution in [3.05, 3.63) is 63.0 Å². The molecule has 0 aliphatic carbocycles. The van der Waals surface area contributed by atoms with Gasteiger partial charge < -0.3 is 9.84 Å². The molecule has 5 nitrogen and oxygen atoms in total. The summed E-state index contributed by atoms with van der Waals surface area (Å²) in [7, 11) is 0. The molecule has 0 heterocycles. The Labute approximate surface area is 139 Å². The highest BCUT2D eigenvalue weighted by Crippen LogP contribution is 2.23. The van der Waals surface area contributed by atoms with Crippen LogP contribution < -0.4 is 5.32 Å². The van der Waals surface area contributed by atoms with E-state index in [1.54, 1.807) is 46.9 Å². The van der Waals surface area contributed by atoms with Gasteiger partial charge in [-0.3, -0.25) is 5.32 Å². The van der Waals surface area contributed by atoms with Gasteiger partial charge in [-0.05, 0) is 40.3 Å². The van der Waals surface area contributed by atoms with Crippen molar-refractivity contribution >= 4 is 40.3 Å². The first-order valence-corrected chi connectivity index (χ1v) is 7.25. The third-order valence-electron chi connectivity index (χ3n) is 2.73. The maximum absolute atomic E-state index is 13.9. The van der Waals surface area contributed by atoms with Crippen LogP contribution in [0.1, 0.15) is 15.9 Å². The lowest BCUT2D eigenvalue weighted by molar-refractivity contribution is 0.0697. The van der Waals surface area contributed by atoms with Crippen LogP contribution in [0.2, 0.25) is 0 Å². The molecule has 0 aromatic heterocycles. The molecule has 0 radical (unpaired) electrons. The summed E-state index contributed by atoms with van der Waals surface area (Å²) in [5, 5.41) is 11.2. The summed E-state index contributed by atoms with van der Waals surface area (Å²) in [4.78, 5) is 22.8. The molecule has 0 bridgehead atoms. The molecule has 0 fully saturated rings. The zero-order valence-electron chi connectivity index (χ0n) is 11.2. The number of ether oxygens (including phenoxy) is 1. The van der Waals surface area contributed by atoms with Crippen LogP contribution in [0.5, 0.6) is 0 Å². The van der Waals surface area contributed by atoms with E-state index in [0.717, 1.165) is 11.6 Å². The average Bonchev–Trinajstić information content (AvgIpc) is 2.48. The number of benzene rings is 2. The zero-order chi connectivity index (χ0) is 16.1. The van der Waals surface area contributed by atoms with Crippen LogP contribution in [0, 0.1) is 9.39 Å². The first-order valence-electron chi connectivity index (χ1n) is 6.17. The molecule has 0 unspecified atom stereocenters. The maximum atomic E-state index is 13.9.